The van der Waals surface area contributed by atoms with E-state index in [1.54, 1.807) is 0 Å². The van der Waals surface area contributed by atoms with E-state index in [1.807, 2.05) is 6.92 Å². The van der Waals surface area contributed by atoms with Crippen LogP contribution in [-0.4, -0.2) is 16.7 Å². The first kappa shape index (κ1) is 8.49. The Kier molecular flexibility index (Phi) is 2.84. The lowest BCUT2D eigenvalue weighted by molar-refractivity contribution is 1.04. The van der Waals surface area contributed by atoms with Crippen LogP contribution in [0.2, 0.25) is 0 Å². The smallest absolute Gasteiger partial charge is 0.205 e. The summed E-state index contributed by atoms with van der Waals surface area (Å²) in [5, 5.41) is 12.9. The van der Waals surface area contributed by atoms with Gasteiger partial charge in [0.2, 0.25) is 5.13 Å². The third-order valence-electron chi connectivity index (χ3n) is 0.957. The molecule has 0 aliphatic rings. The lowest BCUT2D eigenvalue weighted by Gasteiger charge is -1.96. The number of anilines is 1. The Balaban J connectivity index is 2.45. The Bertz CT molecular complexity index is 258. The minimum atomic E-state index is 0.538. The Morgan fingerprint density at radius 1 is 1.73 bits per heavy atom. The molecular formula is C6H8ClN3S. The largest absolute Gasteiger partial charge is 0.355 e. The second-order valence-electron chi connectivity index (χ2n) is 2.00. The Hall–Kier alpha value is -0.610. The van der Waals surface area contributed by atoms with Gasteiger partial charge in [0.1, 0.15) is 5.01 Å². The van der Waals surface area contributed by atoms with Crippen LogP contribution in [0.25, 0.3) is 0 Å². The highest BCUT2D eigenvalue weighted by Crippen LogP contribution is 2.13. The van der Waals surface area contributed by atoms with Crippen molar-refractivity contribution < 1.29 is 0 Å². The van der Waals surface area contributed by atoms with E-state index in [-0.39, 0.29) is 0 Å². The zero-order valence-corrected chi connectivity index (χ0v) is 7.67. The van der Waals surface area contributed by atoms with E-state index < -0.39 is 0 Å². The summed E-state index contributed by atoms with van der Waals surface area (Å²) in [5.41, 5.74) is 0. The van der Waals surface area contributed by atoms with E-state index in [9.17, 15) is 0 Å². The molecule has 0 saturated carbocycles. The first-order valence-electron chi connectivity index (χ1n) is 3.06. The van der Waals surface area contributed by atoms with Gasteiger partial charge in [0.15, 0.2) is 0 Å². The van der Waals surface area contributed by atoms with Crippen molar-refractivity contribution in [1.29, 1.82) is 0 Å². The number of hydrogen-bond donors (Lipinski definition) is 1. The Morgan fingerprint density at radius 3 is 2.91 bits per heavy atom. The fourth-order valence-corrected chi connectivity index (χ4v) is 1.19. The standard InChI is InChI=1S/C6H8ClN3S/c1-4(7)3-8-6-10-9-5(2)11-6/h1,3H2,2H3,(H,8,10). The average molecular weight is 190 g/mol. The maximum atomic E-state index is 5.53. The topological polar surface area (TPSA) is 37.8 Å². The van der Waals surface area contributed by atoms with Gasteiger partial charge in [-0.05, 0) is 6.92 Å². The number of hydrogen-bond acceptors (Lipinski definition) is 4. The van der Waals surface area contributed by atoms with Crippen molar-refractivity contribution in [2.24, 2.45) is 0 Å². The summed E-state index contributed by atoms with van der Waals surface area (Å²) in [6.45, 7) is 5.98. The van der Waals surface area contributed by atoms with Gasteiger partial charge in [0, 0.05) is 5.03 Å². The molecule has 1 heterocycles. The minimum Gasteiger partial charge on any atom is -0.355 e. The molecule has 60 valence electrons. The van der Waals surface area contributed by atoms with Crippen LogP contribution in [-0.2, 0) is 0 Å². The Morgan fingerprint density at radius 2 is 2.45 bits per heavy atom. The van der Waals surface area contributed by atoms with Crippen LogP contribution in [0.3, 0.4) is 0 Å². The number of rotatable bonds is 3. The zero-order valence-electron chi connectivity index (χ0n) is 6.09. The van der Waals surface area contributed by atoms with Gasteiger partial charge in [0.25, 0.3) is 0 Å². The van der Waals surface area contributed by atoms with E-state index in [2.05, 4.69) is 22.1 Å². The van der Waals surface area contributed by atoms with Gasteiger partial charge in [-0.3, -0.25) is 0 Å². The predicted octanol–water partition coefficient (Wildman–Crippen LogP) is 2.01. The first-order valence-corrected chi connectivity index (χ1v) is 4.25. The molecule has 0 unspecified atom stereocenters. The lowest BCUT2D eigenvalue weighted by Crippen LogP contribution is -1.99. The molecule has 0 saturated heterocycles. The SMILES string of the molecule is C=C(Cl)CNc1nnc(C)s1. The molecule has 1 rings (SSSR count). The molecule has 0 bridgehead atoms. The van der Waals surface area contributed by atoms with Gasteiger partial charge in [0.05, 0.1) is 6.54 Å². The van der Waals surface area contributed by atoms with E-state index in [1.165, 1.54) is 11.3 Å². The maximum Gasteiger partial charge on any atom is 0.205 e. The molecule has 1 N–H and O–H groups in total. The molecule has 3 nitrogen and oxygen atoms in total. The van der Waals surface area contributed by atoms with Crippen LogP contribution in [0.1, 0.15) is 5.01 Å². The van der Waals surface area contributed by atoms with Crippen molar-refractivity contribution in [2.45, 2.75) is 6.92 Å². The van der Waals surface area contributed by atoms with Crippen molar-refractivity contribution >= 4 is 28.1 Å². The van der Waals surface area contributed by atoms with Gasteiger partial charge in [-0.25, -0.2) is 0 Å². The number of aromatic nitrogens is 2. The summed E-state index contributed by atoms with van der Waals surface area (Å²) in [5.74, 6) is 0. The third-order valence-corrected chi connectivity index (χ3v) is 1.89. The van der Waals surface area contributed by atoms with Crippen LogP contribution >= 0.6 is 22.9 Å². The molecule has 11 heavy (non-hydrogen) atoms. The monoisotopic (exact) mass is 189 g/mol. The third kappa shape index (κ3) is 2.86. The lowest BCUT2D eigenvalue weighted by atomic mass is 10.6. The van der Waals surface area contributed by atoms with Crippen molar-refractivity contribution in [2.75, 3.05) is 11.9 Å². The van der Waals surface area contributed by atoms with Gasteiger partial charge < -0.3 is 5.32 Å². The normalized spacial score (nSPS) is 9.64. The summed E-state index contributed by atoms with van der Waals surface area (Å²) >= 11 is 7.03. The molecule has 5 heteroatoms. The molecule has 0 aliphatic heterocycles. The molecule has 0 amide bonds. The van der Waals surface area contributed by atoms with Gasteiger partial charge in [-0.2, -0.15) is 0 Å². The predicted molar refractivity (Wildman–Crippen MR) is 48.1 cm³/mol. The van der Waals surface area contributed by atoms with Crippen LogP contribution in [0.5, 0.6) is 0 Å². The van der Waals surface area contributed by atoms with Crippen molar-refractivity contribution in [3.8, 4) is 0 Å². The van der Waals surface area contributed by atoms with Crippen LogP contribution < -0.4 is 5.32 Å². The van der Waals surface area contributed by atoms with E-state index in [4.69, 9.17) is 11.6 Å². The number of nitrogens with one attached hydrogen (secondary N) is 1. The summed E-state index contributed by atoms with van der Waals surface area (Å²) in [6.07, 6.45) is 0. The summed E-state index contributed by atoms with van der Waals surface area (Å²) in [4.78, 5) is 0. The highest BCUT2D eigenvalue weighted by Gasteiger charge is 1.97. The second-order valence-corrected chi connectivity index (χ2v) is 3.71. The van der Waals surface area contributed by atoms with Crippen LogP contribution in [0.15, 0.2) is 11.6 Å². The second kappa shape index (κ2) is 3.69. The highest BCUT2D eigenvalue weighted by molar-refractivity contribution is 7.15. The molecule has 0 spiro atoms. The minimum absolute atomic E-state index is 0.538. The average Bonchev–Trinajstić information content (AvgIpc) is 2.31. The van der Waals surface area contributed by atoms with Crippen LogP contribution in [0.4, 0.5) is 5.13 Å². The molecule has 1 aromatic rings. The van der Waals surface area contributed by atoms with Crippen LogP contribution in [0, 0.1) is 6.92 Å². The summed E-state index contributed by atoms with van der Waals surface area (Å²) < 4.78 is 0. The van der Waals surface area contributed by atoms with Gasteiger partial charge in [-0.15, -0.1) is 10.2 Å². The summed E-state index contributed by atoms with van der Waals surface area (Å²) in [6, 6.07) is 0. The molecule has 0 atom stereocenters. The van der Waals surface area contributed by atoms with E-state index >= 15 is 0 Å². The number of halogens is 1. The fourth-order valence-electron chi connectivity index (χ4n) is 0.540. The quantitative estimate of drug-likeness (QED) is 0.791. The summed E-state index contributed by atoms with van der Waals surface area (Å²) in [7, 11) is 0. The molecule has 0 aromatic carbocycles. The molecular weight excluding hydrogens is 182 g/mol. The molecule has 1 aromatic heterocycles. The van der Waals surface area contributed by atoms with Crippen molar-refractivity contribution in [3.05, 3.63) is 16.6 Å². The highest BCUT2D eigenvalue weighted by atomic mass is 35.5. The number of aryl methyl sites for hydroxylation is 1. The van der Waals surface area contributed by atoms with E-state index in [0.717, 1.165) is 10.1 Å². The van der Waals surface area contributed by atoms with Crippen molar-refractivity contribution in [1.82, 2.24) is 10.2 Å². The molecule has 0 fully saturated rings. The fraction of sp³-hybridized carbons (Fsp3) is 0.333. The molecule has 0 radical (unpaired) electrons. The Labute approximate surface area is 74.1 Å². The van der Waals surface area contributed by atoms with Gasteiger partial charge in [-0.1, -0.05) is 29.5 Å². The van der Waals surface area contributed by atoms with Crippen molar-refractivity contribution in [3.63, 3.8) is 0 Å². The van der Waals surface area contributed by atoms with E-state index in [0.29, 0.717) is 11.6 Å². The zero-order chi connectivity index (χ0) is 8.27. The number of nitrogens with zero attached hydrogens (tertiary/aromatic N) is 2. The van der Waals surface area contributed by atoms with Gasteiger partial charge >= 0.3 is 0 Å². The first-order chi connectivity index (χ1) is 5.18. The molecule has 0 aliphatic carbocycles. The maximum absolute atomic E-state index is 5.53.